The molecule has 2 rings (SSSR count). The van der Waals surface area contributed by atoms with Crippen molar-refractivity contribution in [3.05, 3.63) is 64.2 Å². The molecule has 0 heterocycles. The minimum atomic E-state index is -1.16. The lowest BCUT2D eigenvalue weighted by Crippen LogP contribution is -1.99. The van der Waals surface area contributed by atoms with E-state index in [9.17, 15) is 13.6 Å². The van der Waals surface area contributed by atoms with E-state index in [0.717, 1.165) is 12.1 Å². The van der Waals surface area contributed by atoms with Crippen LogP contribution in [-0.4, -0.2) is 17.3 Å². The lowest BCUT2D eigenvalue weighted by Gasteiger charge is -2.03. The van der Waals surface area contributed by atoms with Crippen LogP contribution in [0.4, 0.5) is 14.5 Å². The van der Waals surface area contributed by atoms with Gasteiger partial charge in [0.1, 0.15) is 0 Å². The van der Waals surface area contributed by atoms with Crippen LogP contribution < -0.4 is 5.43 Å². The Bertz CT molecular complexity index is 720. The number of rotatable bonds is 4. The second-order valence-corrected chi connectivity index (χ2v) is 4.45. The molecule has 0 radical (unpaired) electrons. The molecule has 108 valence electrons. The van der Waals surface area contributed by atoms with E-state index >= 15 is 0 Å². The van der Waals surface area contributed by atoms with Crippen molar-refractivity contribution in [1.29, 1.82) is 0 Å². The maximum atomic E-state index is 13.0. The fourth-order valence-electron chi connectivity index (χ4n) is 1.53. The van der Waals surface area contributed by atoms with Crippen LogP contribution in [0.3, 0.4) is 0 Å². The van der Waals surface area contributed by atoms with Gasteiger partial charge in [-0.1, -0.05) is 17.7 Å². The zero-order valence-electron chi connectivity index (χ0n) is 10.5. The van der Waals surface area contributed by atoms with Gasteiger partial charge in [0.25, 0.3) is 0 Å². The average molecular weight is 311 g/mol. The van der Waals surface area contributed by atoms with E-state index in [2.05, 4.69) is 10.5 Å². The van der Waals surface area contributed by atoms with Crippen molar-refractivity contribution >= 4 is 29.5 Å². The van der Waals surface area contributed by atoms with E-state index in [1.807, 2.05) is 0 Å². The second kappa shape index (κ2) is 6.32. The molecular weight excluding hydrogens is 302 g/mol. The number of hydrazone groups is 1. The summed E-state index contributed by atoms with van der Waals surface area (Å²) in [7, 11) is 0. The molecule has 2 aromatic carbocycles. The smallest absolute Gasteiger partial charge is 0.337 e. The van der Waals surface area contributed by atoms with Gasteiger partial charge in [0, 0.05) is 0 Å². The van der Waals surface area contributed by atoms with Crippen LogP contribution in [0.1, 0.15) is 15.9 Å². The van der Waals surface area contributed by atoms with Crippen LogP contribution in [0.2, 0.25) is 5.02 Å². The molecule has 4 nitrogen and oxygen atoms in total. The van der Waals surface area contributed by atoms with Crippen LogP contribution in [0.15, 0.2) is 41.5 Å². The van der Waals surface area contributed by atoms with Crippen molar-refractivity contribution in [2.24, 2.45) is 5.10 Å². The first-order valence-corrected chi connectivity index (χ1v) is 6.12. The highest BCUT2D eigenvalue weighted by Gasteiger charge is 2.08. The molecule has 0 amide bonds. The van der Waals surface area contributed by atoms with Gasteiger partial charge in [0.15, 0.2) is 11.6 Å². The van der Waals surface area contributed by atoms with Crippen LogP contribution in [0, 0.1) is 11.6 Å². The first kappa shape index (κ1) is 14.9. The Balaban J connectivity index is 2.12. The molecule has 0 aliphatic rings. The predicted molar refractivity (Wildman–Crippen MR) is 76.0 cm³/mol. The summed E-state index contributed by atoms with van der Waals surface area (Å²) < 4.78 is 25.7. The maximum absolute atomic E-state index is 13.0. The predicted octanol–water partition coefficient (Wildman–Crippen LogP) is 3.76. The number of benzene rings is 2. The van der Waals surface area contributed by atoms with Gasteiger partial charge in [0.05, 0.1) is 22.5 Å². The zero-order valence-corrected chi connectivity index (χ0v) is 11.2. The Morgan fingerprint density at radius 3 is 2.62 bits per heavy atom. The minimum Gasteiger partial charge on any atom is -0.478 e. The molecule has 0 spiro atoms. The summed E-state index contributed by atoms with van der Waals surface area (Å²) in [6, 6.07) is 7.60. The number of nitrogens with one attached hydrogen (secondary N) is 1. The van der Waals surface area contributed by atoms with E-state index in [1.165, 1.54) is 30.5 Å². The fourth-order valence-corrected chi connectivity index (χ4v) is 1.73. The molecule has 2 N–H and O–H groups in total. The van der Waals surface area contributed by atoms with E-state index in [-0.39, 0.29) is 10.6 Å². The van der Waals surface area contributed by atoms with Gasteiger partial charge in [-0.15, -0.1) is 0 Å². The molecule has 0 unspecified atom stereocenters. The summed E-state index contributed by atoms with van der Waals surface area (Å²) in [6.07, 6.45) is 1.28. The molecule has 0 atom stereocenters. The highest BCUT2D eigenvalue weighted by atomic mass is 35.5. The Morgan fingerprint density at radius 2 is 1.95 bits per heavy atom. The maximum Gasteiger partial charge on any atom is 0.337 e. The molecule has 0 fully saturated rings. The number of hydrogen-bond donors (Lipinski definition) is 2. The average Bonchev–Trinajstić information content (AvgIpc) is 2.44. The van der Waals surface area contributed by atoms with E-state index < -0.39 is 17.6 Å². The number of carboxylic acids is 1. The standard InChI is InChI=1S/C14H9ClF2N2O2/c15-11-3-2-9(6-10(11)14(20)21)19-18-7-8-1-4-12(16)13(17)5-8/h1-7,19H,(H,20,21)/b18-7+. The summed E-state index contributed by atoms with van der Waals surface area (Å²) in [5.74, 6) is -3.07. The molecular formula is C14H9ClF2N2O2. The van der Waals surface area contributed by atoms with Crippen molar-refractivity contribution in [2.75, 3.05) is 5.43 Å². The van der Waals surface area contributed by atoms with Gasteiger partial charge >= 0.3 is 5.97 Å². The minimum absolute atomic E-state index is 0.0651. The SMILES string of the molecule is O=C(O)c1cc(N/N=C/c2ccc(F)c(F)c2)ccc1Cl. The third kappa shape index (κ3) is 3.76. The van der Waals surface area contributed by atoms with Crippen LogP contribution in [-0.2, 0) is 0 Å². The second-order valence-electron chi connectivity index (χ2n) is 4.04. The number of aromatic carboxylic acids is 1. The van der Waals surface area contributed by atoms with Gasteiger partial charge in [-0.3, -0.25) is 5.43 Å². The molecule has 0 bridgehead atoms. The third-order valence-corrected chi connectivity index (χ3v) is 2.88. The van der Waals surface area contributed by atoms with Crippen molar-refractivity contribution in [2.45, 2.75) is 0 Å². The lowest BCUT2D eigenvalue weighted by molar-refractivity contribution is 0.0697. The summed E-state index contributed by atoms with van der Waals surface area (Å²) in [5.41, 5.74) is 3.27. The molecule has 0 saturated carbocycles. The Morgan fingerprint density at radius 1 is 1.19 bits per heavy atom. The number of carbonyl (C=O) groups is 1. The summed E-state index contributed by atoms with van der Waals surface area (Å²) >= 11 is 5.73. The zero-order chi connectivity index (χ0) is 15.4. The van der Waals surface area contributed by atoms with E-state index in [4.69, 9.17) is 16.7 Å². The highest BCUT2D eigenvalue weighted by molar-refractivity contribution is 6.33. The number of hydrogen-bond acceptors (Lipinski definition) is 3. The number of halogens is 3. The molecule has 21 heavy (non-hydrogen) atoms. The number of anilines is 1. The van der Waals surface area contributed by atoms with Gasteiger partial charge < -0.3 is 5.11 Å². The van der Waals surface area contributed by atoms with Crippen molar-refractivity contribution in [3.63, 3.8) is 0 Å². The Kier molecular flexibility index (Phi) is 4.49. The van der Waals surface area contributed by atoms with Crippen LogP contribution >= 0.6 is 11.6 Å². The van der Waals surface area contributed by atoms with E-state index in [1.54, 1.807) is 0 Å². The van der Waals surface area contributed by atoms with Gasteiger partial charge in [0.2, 0.25) is 0 Å². The van der Waals surface area contributed by atoms with Crippen molar-refractivity contribution in [3.8, 4) is 0 Å². The fraction of sp³-hybridized carbons (Fsp3) is 0. The molecule has 0 saturated heterocycles. The molecule has 0 aliphatic carbocycles. The quantitative estimate of drug-likeness (QED) is 0.667. The number of carboxylic acid groups (broad SMARTS) is 1. The monoisotopic (exact) mass is 310 g/mol. The summed E-state index contributed by atoms with van der Waals surface area (Å²) in [5, 5.41) is 12.8. The summed E-state index contributed by atoms with van der Waals surface area (Å²) in [6.45, 7) is 0. The van der Waals surface area contributed by atoms with E-state index in [0.29, 0.717) is 11.3 Å². The van der Waals surface area contributed by atoms with Crippen LogP contribution in [0.5, 0.6) is 0 Å². The van der Waals surface area contributed by atoms with Gasteiger partial charge in [-0.25, -0.2) is 13.6 Å². The topological polar surface area (TPSA) is 61.7 Å². The van der Waals surface area contributed by atoms with Crippen molar-refractivity contribution in [1.82, 2.24) is 0 Å². The molecule has 2 aromatic rings. The summed E-state index contributed by atoms with van der Waals surface area (Å²) in [4.78, 5) is 10.9. The van der Waals surface area contributed by atoms with Crippen molar-refractivity contribution < 1.29 is 18.7 Å². The largest absolute Gasteiger partial charge is 0.478 e. The number of nitrogens with zero attached hydrogens (tertiary/aromatic N) is 1. The Labute approximate surface area is 123 Å². The lowest BCUT2D eigenvalue weighted by atomic mass is 10.2. The highest BCUT2D eigenvalue weighted by Crippen LogP contribution is 2.20. The third-order valence-electron chi connectivity index (χ3n) is 2.55. The Hall–Kier alpha value is -2.47. The molecule has 0 aliphatic heterocycles. The van der Waals surface area contributed by atoms with Gasteiger partial charge in [-0.05, 0) is 35.9 Å². The normalized spacial score (nSPS) is 10.8. The molecule has 0 aromatic heterocycles. The van der Waals surface area contributed by atoms with Gasteiger partial charge in [-0.2, -0.15) is 5.10 Å². The first-order valence-electron chi connectivity index (χ1n) is 5.74. The first-order chi connectivity index (χ1) is 9.97. The molecule has 7 heteroatoms. The van der Waals surface area contributed by atoms with Crippen LogP contribution in [0.25, 0.3) is 0 Å².